The van der Waals surface area contributed by atoms with Gasteiger partial charge in [-0.25, -0.2) is 8.42 Å². The minimum Gasteiger partial charge on any atom is -0.294 e. The number of carbonyl (C=O) groups is 1. The molecule has 0 aliphatic heterocycles. The van der Waals surface area contributed by atoms with Crippen molar-refractivity contribution in [2.75, 3.05) is 11.0 Å². The van der Waals surface area contributed by atoms with Gasteiger partial charge >= 0.3 is 0 Å². The number of nitrogens with one attached hydrogen (secondary N) is 1. The molecule has 0 heterocycles. The fraction of sp³-hybridized carbons (Fsp3) is 0.300. The number of carbonyl (C=O) groups excluding carboxylic acids is 1. The summed E-state index contributed by atoms with van der Waals surface area (Å²) in [5.74, 6) is -0.0547. The molecule has 0 unspecified atom stereocenters. The molecule has 0 fully saturated rings. The molecule has 0 saturated heterocycles. The maximum atomic E-state index is 11.6. The zero-order chi connectivity index (χ0) is 13.2. The summed E-state index contributed by atoms with van der Waals surface area (Å²) < 4.78 is 25.8. The van der Waals surface area contributed by atoms with E-state index in [0.29, 0.717) is 26.6 Å². The van der Waals surface area contributed by atoms with Gasteiger partial charge in [0.1, 0.15) is 0 Å². The summed E-state index contributed by atoms with van der Waals surface area (Å²) in [7, 11) is -3.39. The quantitative estimate of drug-likeness (QED) is 0.811. The Labute approximate surface area is 117 Å². The summed E-state index contributed by atoms with van der Waals surface area (Å²) in [4.78, 5) is 11.6. The van der Waals surface area contributed by atoms with Crippen LogP contribution in [0.5, 0.6) is 0 Å². The fourth-order valence-corrected chi connectivity index (χ4v) is 3.44. The van der Waals surface area contributed by atoms with Crippen molar-refractivity contribution in [1.82, 2.24) is 0 Å². The average molecular weight is 385 g/mol. The number of hydrogen-bond donors (Lipinski definition) is 1. The van der Waals surface area contributed by atoms with Crippen LogP contribution in [0, 0.1) is 0 Å². The standard InChI is InChI=1S/C10H11Br2NO3S/c1-3-8(14)6-4-5-7(11)10(9(6)12)13-17(2,15)16/h4-5,13H,3H2,1-2H3. The van der Waals surface area contributed by atoms with Crippen molar-refractivity contribution < 1.29 is 13.2 Å². The Bertz CT molecular complexity index is 555. The predicted octanol–water partition coefficient (Wildman–Crippen LogP) is 3.18. The zero-order valence-electron chi connectivity index (χ0n) is 9.25. The van der Waals surface area contributed by atoms with E-state index < -0.39 is 10.0 Å². The third kappa shape index (κ3) is 3.79. The van der Waals surface area contributed by atoms with E-state index in [0.717, 1.165) is 6.26 Å². The van der Waals surface area contributed by atoms with E-state index in [1.165, 1.54) is 0 Å². The molecule has 7 heteroatoms. The van der Waals surface area contributed by atoms with Gasteiger partial charge in [-0.3, -0.25) is 9.52 Å². The molecule has 4 nitrogen and oxygen atoms in total. The Morgan fingerprint density at radius 2 is 1.94 bits per heavy atom. The van der Waals surface area contributed by atoms with Crippen LogP contribution in [0.15, 0.2) is 21.1 Å². The molecule has 0 aliphatic carbocycles. The van der Waals surface area contributed by atoms with Crippen molar-refractivity contribution in [2.45, 2.75) is 13.3 Å². The molecule has 0 atom stereocenters. The molecule has 17 heavy (non-hydrogen) atoms. The van der Waals surface area contributed by atoms with E-state index in [1.54, 1.807) is 19.1 Å². The van der Waals surface area contributed by atoms with Gasteiger partial charge in [-0.2, -0.15) is 0 Å². The second kappa shape index (κ2) is 5.49. The molecular weight excluding hydrogens is 374 g/mol. The SMILES string of the molecule is CCC(=O)c1ccc(Br)c(NS(C)(=O)=O)c1Br. The Morgan fingerprint density at radius 3 is 2.41 bits per heavy atom. The Morgan fingerprint density at radius 1 is 1.35 bits per heavy atom. The van der Waals surface area contributed by atoms with Crippen LogP contribution < -0.4 is 4.72 Å². The number of benzene rings is 1. The van der Waals surface area contributed by atoms with Crippen molar-refractivity contribution in [2.24, 2.45) is 0 Å². The van der Waals surface area contributed by atoms with Crippen molar-refractivity contribution >= 4 is 53.4 Å². The minimum atomic E-state index is -3.39. The van der Waals surface area contributed by atoms with Crippen LogP contribution in [0.2, 0.25) is 0 Å². The molecule has 0 radical (unpaired) electrons. The Kier molecular flexibility index (Phi) is 4.74. The number of halogens is 2. The van der Waals surface area contributed by atoms with Crippen molar-refractivity contribution in [3.8, 4) is 0 Å². The first-order valence-corrected chi connectivity index (χ1v) is 8.23. The molecule has 0 bridgehead atoms. The van der Waals surface area contributed by atoms with Crippen LogP contribution in [0.1, 0.15) is 23.7 Å². The fourth-order valence-electron chi connectivity index (χ4n) is 1.24. The van der Waals surface area contributed by atoms with Crippen molar-refractivity contribution in [3.05, 3.63) is 26.6 Å². The zero-order valence-corrected chi connectivity index (χ0v) is 13.2. The molecule has 0 aromatic heterocycles. The summed E-state index contributed by atoms with van der Waals surface area (Å²) >= 11 is 6.49. The normalized spacial score (nSPS) is 11.3. The summed E-state index contributed by atoms with van der Waals surface area (Å²) in [6.45, 7) is 1.75. The molecular formula is C10H11Br2NO3S. The number of ketones is 1. The summed E-state index contributed by atoms with van der Waals surface area (Å²) in [5.41, 5.74) is 0.800. The number of hydrogen-bond acceptors (Lipinski definition) is 3. The monoisotopic (exact) mass is 383 g/mol. The predicted molar refractivity (Wildman–Crippen MR) is 74.9 cm³/mol. The highest BCUT2D eigenvalue weighted by molar-refractivity contribution is 9.11. The molecule has 94 valence electrons. The van der Waals surface area contributed by atoms with E-state index in [4.69, 9.17) is 0 Å². The number of anilines is 1. The van der Waals surface area contributed by atoms with Gasteiger partial charge in [0, 0.05) is 16.5 Å². The van der Waals surface area contributed by atoms with Gasteiger partial charge < -0.3 is 0 Å². The lowest BCUT2D eigenvalue weighted by Crippen LogP contribution is -2.12. The molecule has 0 spiro atoms. The van der Waals surface area contributed by atoms with Crippen LogP contribution in [0.3, 0.4) is 0 Å². The van der Waals surface area contributed by atoms with Gasteiger partial charge in [-0.05, 0) is 44.0 Å². The van der Waals surface area contributed by atoms with Gasteiger partial charge in [-0.1, -0.05) is 6.92 Å². The topological polar surface area (TPSA) is 63.2 Å². The highest BCUT2D eigenvalue weighted by Crippen LogP contribution is 2.34. The summed E-state index contributed by atoms with van der Waals surface area (Å²) in [6, 6.07) is 3.29. The lowest BCUT2D eigenvalue weighted by Gasteiger charge is -2.12. The molecule has 0 amide bonds. The van der Waals surface area contributed by atoms with Gasteiger partial charge in [-0.15, -0.1) is 0 Å². The largest absolute Gasteiger partial charge is 0.294 e. The van der Waals surface area contributed by atoms with Crippen LogP contribution in [-0.4, -0.2) is 20.5 Å². The van der Waals surface area contributed by atoms with Crippen molar-refractivity contribution in [1.29, 1.82) is 0 Å². The van der Waals surface area contributed by atoms with E-state index in [-0.39, 0.29) is 5.78 Å². The van der Waals surface area contributed by atoms with Crippen molar-refractivity contribution in [3.63, 3.8) is 0 Å². The summed E-state index contributed by atoms with van der Waals surface area (Å²) in [6.07, 6.45) is 1.42. The highest BCUT2D eigenvalue weighted by Gasteiger charge is 2.16. The lowest BCUT2D eigenvalue weighted by atomic mass is 10.1. The second-order valence-corrected chi connectivity index (χ2v) is 6.83. The lowest BCUT2D eigenvalue weighted by molar-refractivity contribution is 0.0987. The van der Waals surface area contributed by atoms with E-state index in [1.807, 2.05) is 0 Å². The maximum Gasteiger partial charge on any atom is 0.229 e. The molecule has 0 aliphatic rings. The van der Waals surface area contributed by atoms with Crippen LogP contribution >= 0.6 is 31.9 Å². The van der Waals surface area contributed by atoms with Gasteiger partial charge in [0.2, 0.25) is 10.0 Å². The Hall–Kier alpha value is -0.400. The van der Waals surface area contributed by atoms with E-state index in [2.05, 4.69) is 36.6 Å². The molecule has 1 aromatic rings. The highest BCUT2D eigenvalue weighted by atomic mass is 79.9. The maximum absolute atomic E-state index is 11.6. The van der Waals surface area contributed by atoms with Gasteiger partial charge in [0.15, 0.2) is 5.78 Å². The first-order chi connectivity index (χ1) is 7.76. The first kappa shape index (κ1) is 14.7. The third-order valence-corrected chi connectivity index (χ3v) is 4.06. The molecule has 0 saturated carbocycles. The second-order valence-electron chi connectivity index (χ2n) is 3.43. The number of rotatable bonds is 4. The third-order valence-electron chi connectivity index (χ3n) is 2.00. The molecule has 1 N–H and O–H groups in total. The first-order valence-electron chi connectivity index (χ1n) is 4.75. The number of sulfonamides is 1. The summed E-state index contributed by atoms with van der Waals surface area (Å²) in [5, 5.41) is 0. The average Bonchev–Trinajstić information content (AvgIpc) is 2.22. The van der Waals surface area contributed by atoms with Gasteiger partial charge in [0.05, 0.1) is 16.4 Å². The van der Waals surface area contributed by atoms with Crippen LogP contribution in [-0.2, 0) is 10.0 Å². The number of Topliss-reactive ketones (excluding diaryl/α,β-unsaturated/α-hetero) is 1. The van der Waals surface area contributed by atoms with Crippen LogP contribution in [0.25, 0.3) is 0 Å². The van der Waals surface area contributed by atoms with Crippen LogP contribution in [0.4, 0.5) is 5.69 Å². The Balaban J connectivity index is 3.35. The van der Waals surface area contributed by atoms with Gasteiger partial charge in [0.25, 0.3) is 0 Å². The molecule has 1 rings (SSSR count). The minimum absolute atomic E-state index is 0.0547. The molecule has 1 aromatic carbocycles. The van der Waals surface area contributed by atoms with E-state index >= 15 is 0 Å². The smallest absolute Gasteiger partial charge is 0.229 e. The van der Waals surface area contributed by atoms with E-state index in [9.17, 15) is 13.2 Å².